The Morgan fingerprint density at radius 3 is 2.74 bits per heavy atom. The molecule has 0 aliphatic heterocycles. The maximum Gasteiger partial charge on any atom is 0.273 e. The van der Waals surface area contributed by atoms with Crippen molar-refractivity contribution in [2.45, 2.75) is 12.2 Å². The Balaban J connectivity index is 3.07. The Hall–Kier alpha value is -2.35. The van der Waals surface area contributed by atoms with Crippen LogP contribution in [0.2, 0.25) is 0 Å². The third-order valence-electron chi connectivity index (χ3n) is 2.40. The van der Waals surface area contributed by atoms with E-state index in [1.165, 1.54) is 19.2 Å². The zero-order valence-electron chi connectivity index (χ0n) is 10.0. The highest BCUT2D eigenvalue weighted by atomic mass is 16.6. The van der Waals surface area contributed by atoms with Crippen molar-refractivity contribution in [1.82, 2.24) is 0 Å². The topological polar surface area (TPSA) is 142 Å². The van der Waals surface area contributed by atoms with E-state index in [4.69, 9.17) is 10.3 Å². The standard InChI is InChI=1S/C10H12N4O5/c1-19-8-3-6(2-7(4-8)14(17)18)10(16)9(15)5-12-13-11/h2-4,9-10,15-16H,5H2,1H3. The van der Waals surface area contributed by atoms with Crippen LogP contribution in [0.15, 0.2) is 23.3 Å². The van der Waals surface area contributed by atoms with E-state index in [1.54, 1.807) is 0 Å². The third kappa shape index (κ3) is 3.81. The molecule has 0 radical (unpaired) electrons. The molecule has 0 aliphatic rings. The molecule has 0 amide bonds. The largest absolute Gasteiger partial charge is 0.496 e. The first-order valence-corrected chi connectivity index (χ1v) is 5.20. The number of benzene rings is 1. The summed E-state index contributed by atoms with van der Waals surface area (Å²) in [6.07, 6.45) is -2.78. The van der Waals surface area contributed by atoms with Crippen LogP contribution in [-0.2, 0) is 0 Å². The van der Waals surface area contributed by atoms with Gasteiger partial charge in [-0.15, -0.1) is 0 Å². The molecule has 1 aromatic carbocycles. The molecule has 0 spiro atoms. The van der Waals surface area contributed by atoms with Crippen molar-refractivity contribution in [3.63, 3.8) is 0 Å². The van der Waals surface area contributed by atoms with E-state index in [1.807, 2.05) is 0 Å². The minimum absolute atomic E-state index is 0.103. The van der Waals surface area contributed by atoms with Gasteiger partial charge in [0.1, 0.15) is 11.9 Å². The molecule has 0 bridgehead atoms. The van der Waals surface area contributed by atoms with Crippen molar-refractivity contribution in [2.24, 2.45) is 5.11 Å². The van der Waals surface area contributed by atoms with Gasteiger partial charge in [-0.05, 0) is 17.2 Å². The van der Waals surface area contributed by atoms with E-state index >= 15 is 0 Å². The predicted octanol–water partition coefficient (Wildman–Crippen LogP) is 1.31. The smallest absolute Gasteiger partial charge is 0.273 e. The molecule has 9 heteroatoms. The molecule has 0 saturated heterocycles. The van der Waals surface area contributed by atoms with Crippen molar-refractivity contribution < 1.29 is 19.9 Å². The molecule has 102 valence electrons. The first-order chi connectivity index (χ1) is 8.99. The number of nitro groups is 1. The molecule has 19 heavy (non-hydrogen) atoms. The van der Waals surface area contributed by atoms with Gasteiger partial charge < -0.3 is 14.9 Å². The lowest BCUT2D eigenvalue weighted by Gasteiger charge is -2.16. The quantitative estimate of drug-likeness (QED) is 0.263. The van der Waals surface area contributed by atoms with Crippen molar-refractivity contribution in [3.8, 4) is 5.75 Å². The Morgan fingerprint density at radius 2 is 2.21 bits per heavy atom. The fourth-order valence-corrected chi connectivity index (χ4v) is 1.44. The summed E-state index contributed by atoms with van der Waals surface area (Å²) in [5.41, 5.74) is 7.95. The fraction of sp³-hybridized carbons (Fsp3) is 0.400. The molecule has 2 atom stereocenters. The molecule has 9 nitrogen and oxygen atoms in total. The van der Waals surface area contributed by atoms with Gasteiger partial charge in [-0.25, -0.2) is 0 Å². The van der Waals surface area contributed by atoms with E-state index < -0.39 is 17.1 Å². The maximum atomic E-state index is 10.7. The van der Waals surface area contributed by atoms with Crippen LogP contribution >= 0.6 is 0 Å². The summed E-state index contributed by atoms with van der Waals surface area (Å²) in [4.78, 5) is 12.5. The van der Waals surface area contributed by atoms with Crippen molar-refractivity contribution in [3.05, 3.63) is 44.3 Å². The second-order valence-corrected chi connectivity index (χ2v) is 3.65. The molecule has 1 rings (SSSR count). The molecule has 0 aliphatic carbocycles. The van der Waals surface area contributed by atoms with E-state index in [0.29, 0.717) is 0 Å². The lowest BCUT2D eigenvalue weighted by molar-refractivity contribution is -0.385. The minimum atomic E-state index is -1.42. The average molecular weight is 268 g/mol. The van der Waals surface area contributed by atoms with Crippen LogP contribution in [0, 0.1) is 10.1 Å². The average Bonchev–Trinajstić information content (AvgIpc) is 2.43. The highest BCUT2D eigenvalue weighted by molar-refractivity contribution is 5.43. The van der Waals surface area contributed by atoms with Gasteiger partial charge >= 0.3 is 0 Å². The van der Waals surface area contributed by atoms with Crippen molar-refractivity contribution in [2.75, 3.05) is 13.7 Å². The summed E-state index contributed by atoms with van der Waals surface area (Å²) in [6.45, 7) is -0.345. The van der Waals surface area contributed by atoms with Gasteiger partial charge in [-0.3, -0.25) is 10.1 Å². The van der Waals surface area contributed by atoms with Crippen molar-refractivity contribution in [1.29, 1.82) is 0 Å². The summed E-state index contributed by atoms with van der Waals surface area (Å²) in [5, 5.41) is 33.2. The molecule has 1 aromatic rings. The van der Waals surface area contributed by atoms with Gasteiger partial charge in [0.15, 0.2) is 0 Å². The number of hydrogen-bond donors (Lipinski definition) is 2. The normalized spacial score (nSPS) is 13.2. The fourth-order valence-electron chi connectivity index (χ4n) is 1.44. The number of aliphatic hydroxyl groups is 2. The molecule has 0 saturated carbocycles. The zero-order valence-corrected chi connectivity index (χ0v) is 10.0. The molecule has 0 fully saturated rings. The minimum Gasteiger partial charge on any atom is -0.496 e. The van der Waals surface area contributed by atoms with E-state index in [9.17, 15) is 20.3 Å². The number of hydrogen-bond acceptors (Lipinski definition) is 6. The van der Waals surface area contributed by atoms with Gasteiger partial charge in [-0.1, -0.05) is 5.11 Å². The van der Waals surface area contributed by atoms with E-state index in [0.717, 1.165) is 6.07 Å². The third-order valence-corrected chi connectivity index (χ3v) is 2.40. The molecular formula is C10H12N4O5. The van der Waals surface area contributed by atoms with Gasteiger partial charge in [-0.2, -0.15) is 0 Å². The van der Waals surface area contributed by atoms with Crippen LogP contribution < -0.4 is 4.74 Å². The highest BCUT2D eigenvalue weighted by Crippen LogP contribution is 2.28. The summed E-state index contributed by atoms with van der Waals surface area (Å²) in [7, 11) is 1.33. The van der Waals surface area contributed by atoms with Gasteiger partial charge in [0.2, 0.25) is 0 Å². The highest BCUT2D eigenvalue weighted by Gasteiger charge is 2.21. The molecule has 2 N–H and O–H groups in total. The Labute approximate surface area is 107 Å². The number of aliphatic hydroxyl groups excluding tert-OH is 2. The predicted molar refractivity (Wildman–Crippen MR) is 64.6 cm³/mol. The lowest BCUT2D eigenvalue weighted by atomic mass is 10.0. The second kappa shape index (κ2) is 6.55. The Bertz CT molecular complexity index is 515. The lowest BCUT2D eigenvalue weighted by Crippen LogP contribution is -2.21. The van der Waals surface area contributed by atoms with Gasteiger partial charge in [0.25, 0.3) is 5.69 Å². The van der Waals surface area contributed by atoms with Crippen LogP contribution in [0.5, 0.6) is 5.75 Å². The van der Waals surface area contributed by atoms with Crippen LogP contribution in [0.4, 0.5) is 5.69 Å². The zero-order chi connectivity index (χ0) is 14.4. The molecule has 2 unspecified atom stereocenters. The van der Waals surface area contributed by atoms with Crippen LogP contribution in [0.1, 0.15) is 11.7 Å². The summed E-state index contributed by atoms with van der Waals surface area (Å²) < 4.78 is 4.88. The first kappa shape index (κ1) is 14.7. The van der Waals surface area contributed by atoms with Crippen LogP contribution in [0.25, 0.3) is 10.4 Å². The van der Waals surface area contributed by atoms with Crippen molar-refractivity contribution >= 4 is 5.69 Å². The summed E-state index contributed by atoms with van der Waals surface area (Å²) in [5.74, 6) is 0.180. The van der Waals surface area contributed by atoms with Crippen LogP contribution in [0.3, 0.4) is 0 Å². The summed E-state index contributed by atoms with van der Waals surface area (Å²) >= 11 is 0. The monoisotopic (exact) mass is 268 g/mol. The van der Waals surface area contributed by atoms with Crippen LogP contribution in [-0.4, -0.2) is 34.9 Å². The number of rotatable bonds is 6. The number of non-ortho nitro benzene ring substituents is 1. The molecular weight excluding hydrogens is 256 g/mol. The number of ether oxygens (including phenoxy) is 1. The van der Waals surface area contributed by atoms with E-state index in [-0.39, 0.29) is 23.5 Å². The first-order valence-electron chi connectivity index (χ1n) is 5.20. The SMILES string of the molecule is COc1cc(C(O)C(O)CN=[N+]=[N-])cc([N+](=O)[O-])c1. The van der Waals surface area contributed by atoms with E-state index in [2.05, 4.69) is 10.0 Å². The second-order valence-electron chi connectivity index (χ2n) is 3.65. The number of nitrogens with zero attached hydrogens (tertiary/aromatic N) is 4. The maximum absolute atomic E-state index is 10.7. The van der Waals surface area contributed by atoms with Gasteiger partial charge in [0.05, 0.1) is 30.7 Å². The van der Waals surface area contributed by atoms with Gasteiger partial charge in [0, 0.05) is 11.0 Å². The number of nitro benzene ring substituents is 1. The Morgan fingerprint density at radius 1 is 1.53 bits per heavy atom. The molecule has 0 heterocycles. The summed E-state index contributed by atoms with van der Waals surface area (Å²) in [6, 6.07) is 3.67. The number of azide groups is 1. The number of methoxy groups -OCH3 is 1. The Kier molecular flexibility index (Phi) is 5.07. The molecule has 0 aromatic heterocycles.